The molecule has 1 heterocycles. The van der Waals surface area contributed by atoms with Crippen molar-refractivity contribution in [2.24, 2.45) is 5.73 Å². The summed E-state index contributed by atoms with van der Waals surface area (Å²) in [6.45, 7) is 0. The van der Waals surface area contributed by atoms with Crippen molar-refractivity contribution in [1.82, 2.24) is 10.2 Å². The molecule has 0 unspecified atom stereocenters. The Labute approximate surface area is 114 Å². The molecule has 2 rings (SSSR count). The van der Waals surface area contributed by atoms with E-state index in [9.17, 15) is 0 Å². The van der Waals surface area contributed by atoms with Crippen molar-refractivity contribution in [3.63, 3.8) is 0 Å². The normalized spacial score (nSPS) is 10.0. The zero-order chi connectivity index (χ0) is 13.8. The summed E-state index contributed by atoms with van der Waals surface area (Å²) in [5.41, 5.74) is 6.01. The molecule has 0 bridgehead atoms. The molecule has 0 atom stereocenters. The second kappa shape index (κ2) is 5.53. The molecule has 19 heavy (non-hydrogen) atoms. The van der Waals surface area contributed by atoms with Gasteiger partial charge in [-0.25, -0.2) is 0 Å². The van der Waals surface area contributed by atoms with Crippen LogP contribution in [0.1, 0.15) is 0 Å². The fourth-order valence-corrected chi connectivity index (χ4v) is 1.55. The van der Waals surface area contributed by atoms with Crippen LogP contribution in [0.3, 0.4) is 0 Å². The molecule has 0 saturated heterocycles. The standard InChI is InChI=1S/C11H12N4O3S/c1-16-7-4-3-6(5-8(7)17-2)9-14-15-11(18-9)13-10(12)19/h3-5H,1-2H3,(H3,12,13,15,19). The molecule has 0 aliphatic heterocycles. The van der Waals surface area contributed by atoms with Crippen LogP contribution >= 0.6 is 12.2 Å². The van der Waals surface area contributed by atoms with E-state index < -0.39 is 0 Å². The molecule has 0 spiro atoms. The van der Waals surface area contributed by atoms with Gasteiger partial charge in [0.1, 0.15) is 0 Å². The Kier molecular flexibility index (Phi) is 3.81. The van der Waals surface area contributed by atoms with Crippen LogP contribution in [0.5, 0.6) is 11.5 Å². The molecule has 0 fully saturated rings. The van der Waals surface area contributed by atoms with Crippen LogP contribution in [-0.4, -0.2) is 29.5 Å². The highest BCUT2D eigenvalue weighted by Crippen LogP contribution is 2.32. The van der Waals surface area contributed by atoms with Crippen LogP contribution in [0.15, 0.2) is 22.6 Å². The van der Waals surface area contributed by atoms with E-state index in [2.05, 4.69) is 27.7 Å². The number of nitrogens with zero attached hydrogens (tertiary/aromatic N) is 2. The van der Waals surface area contributed by atoms with Gasteiger partial charge in [0.2, 0.25) is 5.89 Å². The van der Waals surface area contributed by atoms with Gasteiger partial charge < -0.3 is 19.6 Å². The minimum absolute atomic E-state index is 0.0579. The van der Waals surface area contributed by atoms with E-state index in [4.69, 9.17) is 19.6 Å². The molecule has 1 aromatic heterocycles. The Morgan fingerprint density at radius 1 is 1.26 bits per heavy atom. The van der Waals surface area contributed by atoms with Gasteiger partial charge in [-0.15, -0.1) is 5.10 Å². The van der Waals surface area contributed by atoms with Crippen LogP contribution in [0, 0.1) is 0 Å². The highest BCUT2D eigenvalue weighted by molar-refractivity contribution is 7.80. The third-order valence-electron chi connectivity index (χ3n) is 2.29. The predicted octanol–water partition coefficient (Wildman–Crippen LogP) is 1.41. The van der Waals surface area contributed by atoms with Gasteiger partial charge in [-0.3, -0.25) is 5.32 Å². The lowest BCUT2D eigenvalue weighted by molar-refractivity contribution is 0.355. The number of thiocarbonyl (C=S) groups is 1. The van der Waals surface area contributed by atoms with Crippen molar-refractivity contribution in [3.05, 3.63) is 18.2 Å². The first-order valence-electron chi connectivity index (χ1n) is 5.26. The number of hydrogen-bond donors (Lipinski definition) is 2. The second-order valence-corrected chi connectivity index (χ2v) is 3.91. The average molecular weight is 280 g/mol. The zero-order valence-electron chi connectivity index (χ0n) is 10.3. The van der Waals surface area contributed by atoms with Crippen molar-refractivity contribution in [1.29, 1.82) is 0 Å². The molecule has 0 amide bonds. The average Bonchev–Trinajstić information content (AvgIpc) is 2.85. The fourth-order valence-electron chi connectivity index (χ4n) is 1.47. The number of hydrogen-bond acceptors (Lipinski definition) is 6. The van der Waals surface area contributed by atoms with E-state index in [1.54, 1.807) is 32.4 Å². The molecule has 1 aromatic carbocycles. The summed E-state index contributed by atoms with van der Waals surface area (Å²) in [6, 6.07) is 5.40. The highest BCUT2D eigenvalue weighted by Gasteiger charge is 2.12. The van der Waals surface area contributed by atoms with Crippen molar-refractivity contribution < 1.29 is 13.9 Å². The van der Waals surface area contributed by atoms with Gasteiger partial charge >= 0.3 is 6.01 Å². The molecular weight excluding hydrogens is 268 g/mol. The molecule has 3 N–H and O–H groups in total. The number of rotatable bonds is 4. The SMILES string of the molecule is COc1ccc(-c2nnc(NC(N)=S)o2)cc1OC. The van der Waals surface area contributed by atoms with Crippen LogP contribution in [-0.2, 0) is 0 Å². The summed E-state index contributed by atoms with van der Waals surface area (Å²) in [4.78, 5) is 0. The molecule has 7 nitrogen and oxygen atoms in total. The van der Waals surface area contributed by atoms with Gasteiger partial charge in [-0.2, -0.15) is 0 Å². The molecule has 0 aliphatic rings. The van der Waals surface area contributed by atoms with E-state index in [1.807, 2.05) is 0 Å². The monoisotopic (exact) mass is 280 g/mol. The predicted molar refractivity (Wildman–Crippen MR) is 73.2 cm³/mol. The van der Waals surface area contributed by atoms with Crippen LogP contribution in [0.4, 0.5) is 6.01 Å². The minimum atomic E-state index is 0.0579. The lowest BCUT2D eigenvalue weighted by Crippen LogP contribution is -2.18. The van der Waals surface area contributed by atoms with Crippen molar-refractivity contribution in [3.8, 4) is 23.0 Å². The van der Waals surface area contributed by atoms with Gasteiger partial charge in [0.15, 0.2) is 16.6 Å². The molecule has 0 radical (unpaired) electrons. The van der Waals surface area contributed by atoms with Crippen LogP contribution in [0.25, 0.3) is 11.5 Å². The van der Waals surface area contributed by atoms with Gasteiger partial charge in [-0.05, 0) is 30.4 Å². The highest BCUT2D eigenvalue weighted by atomic mass is 32.1. The first-order valence-corrected chi connectivity index (χ1v) is 5.67. The van der Waals surface area contributed by atoms with Gasteiger partial charge in [0.25, 0.3) is 0 Å². The maximum absolute atomic E-state index is 5.36. The fraction of sp³-hybridized carbons (Fsp3) is 0.182. The third kappa shape index (κ3) is 2.91. The molecule has 8 heteroatoms. The number of methoxy groups -OCH3 is 2. The molecule has 0 aliphatic carbocycles. The quantitative estimate of drug-likeness (QED) is 0.812. The first kappa shape index (κ1) is 13.1. The van der Waals surface area contributed by atoms with E-state index in [0.29, 0.717) is 23.0 Å². The third-order valence-corrected chi connectivity index (χ3v) is 2.39. The molecular formula is C11H12N4O3S. The molecule has 2 aromatic rings. The van der Waals surface area contributed by atoms with E-state index in [-0.39, 0.29) is 11.1 Å². The maximum atomic E-state index is 5.36. The number of nitrogens with one attached hydrogen (secondary N) is 1. The largest absolute Gasteiger partial charge is 0.493 e. The Bertz CT molecular complexity index is 599. The number of nitrogens with two attached hydrogens (primary N) is 1. The lowest BCUT2D eigenvalue weighted by atomic mass is 10.2. The minimum Gasteiger partial charge on any atom is -0.493 e. The molecule has 100 valence electrons. The smallest absolute Gasteiger partial charge is 0.322 e. The van der Waals surface area contributed by atoms with Crippen LogP contribution < -0.4 is 20.5 Å². The summed E-state index contributed by atoms with van der Waals surface area (Å²) in [7, 11) is 3.11. The number of ether oxygens (including phenoxy) is 2. The van der Waals surface area contributed by atoms with Crippen LogP contribution in [0.2, 0.25) is 0 Å². The summed E-state index contributed by atoms with van der Waals surface area (Å²) < 4.78 is 15.7. The summed E-state index contributed by atoms with van der Waals surface area (Å²) in [5.74, 6) is 1.51. The van der Waals surface area contributed by atoms with Gasteiger partial charge in [0.05, 0.1) is 14.2 Å². The van der Waals surface area contributed by atoms with Crippen molar-refractivity contribution >= 4 is 23.3 Å². The molecule has 0 saturated carbocycles. The van der Waals surface area contributed by atoms with Gasteiger partial charge in [0, 0.05) is 5.56 Å². The van der Waals surface area contributed by atoms with E-state index in [0.717, 1.165) is 0 Å². The zero-order valence-corrected chi connectivity index (χ0v) is 11.2. The summed E-state index contributed by atoms with van der Waals surface area (Å²) in [5, 5.41) is 10.3. The first-order chi connectivity index (χ1) is 9.13. The van der Waals surface area contributed by atoms with Gasteiger partial charge in [-0.1, -0.05) is 5.10 Å². The summed E-state index contributed by atoms with van der Waals surface area (Å²) >= 11 is 4.68. The van der Waals surface area contributed by atoms with Crippen molar-refractivity contribution in [2.45, 2.75) is 0 Å². The second-order valence-electron chi connectivity index (χ2n) is 3.47. The Balaban J connectivity index is 2.31. The number of anilines is 1. The Hall–Kier alpha value is -2.35. The number of benzene rings is 1. The topological polar surface area (TPSA) is 95.4 Å². The Morgan fingerprint density at radius 2 is 2.00 bits per heavy atom. The Morgan fingerprint density at radius 3 is 2.63 bits per heavy atom. The van der Waals surface area contributed by atoms with Crippen molar-refractivity contribution in [2.75, 3.05) is 19.5 Å². The van der Waals surface area contributed by atoms with E-state index in [1.165, 1.54) is 0 Å². The lowest BCUT2D eigenvalue weighted by Gasteiger charge is -2.07. The number of aromatic nitrogens is 2. The maximum Gasteiger partial charge on any atom is 0.322 e. The summed E-state index contributed by atoms with van der Waals surface area (Å²) in [6.07, 6.45) is 0. The van der Waals surface area contributed by atoms with E-state index >= 15 is 0 Å².